The lowest BCUT2D eigenvalue weighted by Gasteiger charge is -2.45. The fourth-order valence-electron chi connectivity index (χ4n) is 4.95. The molecule has 9 nitrogen and oxygen atoms in total. The highest BCUT2D eigenvalue weighted by atomic mass is 19.1. The van der Waals surface area contributed by atoms with Crippen molar-refractivity contribution in [2.24, 2.45) is 11.0 Å². The van der Waals surface area contributed by atoms with Gasteiger partial charge in [0.25, 0.3) is 12.0 Å². The minimum Gasteiger partial charge on any atom is -0.372 e. The maximum atomic E-state index is 14.5. The van der Waals surface area contributed by atoms with E-state index in [1.807, 2.05) is 11.1 Å². The molecule has 10 heteroatoms. The monoisotopic (exact) mass is 372 g/mol. The van der Waals surface area contributed by atoms with Crippen LogP contribution in [-0.4, -0.2) is 43.8 Å². The molecule has 2 aliphatic heterocycles. The van der Waals surface area contributed by atoms with Gasteiger partial charge in [-0.3, -0.25) is 14.9 Å². The van der Waals surface area contributed by atoms with Gasteiger partial charge in [-0.25, -0.2) is 4.98 Å². The lowest BCUT2D eigenvalue weighted by Crippen LogP contribution is -2.55. The van der Waals surface area contributed by atoms with Crippen LogP contribution in [0.3, 0.4) is 0 Å². The van der Waals surface area contributed by atoms with Crippen LogP contribution in [0.5, 0.6) is 0 Å². The number of nitrogens with one attached hydrogen (secondary N) is 1. The minimum absolute atomic E-state index is 0.0149. The van der Waals surface area contributed by atoms with Crippen molar-refractivity contribution < 1.29 is 9.13 Å². The average Bonchev–Trinajstić information content (AvgIpc) is 3.03. The third-order valence-electron chi connectivity index (χ3n) is 6.55. The first kappa shape index (κ1) is 15.6. The predicted molar refractivity (Wildman–Crippen MR) is 93.4 cm³/mol. The number of hydrogen-bond donors (Lipinski definition) is 1. The summed E-state index contributed by atoms with van der Waals surface area (Å²) < 4.78 is 23.5. The van der Waals surface area contributed by atoms with Gasteiger partial charge in [0.1, 0.15) is 23.3 Å². The van der Waals surface area contributed by atoms with Crippen molar-refractivity contribution in [1.82, 2.24) is 30.0 Å². The molecule has 3 unspecified atom stereocenters. The van der Waals surface area contributed by atoms with Gasteiger partial charge in [0.15, 0.2) is 0 Å². The first-order chi connectivity index (χ1) is 13.2. The highest BCUT2D eigenvalue weighted by Crippen LogP contribution is 2.48. The molecule has 2 aromatic heterocycles. The van der Waals surface area contributed by atoms with Crippen molar-refractivity contribution in [3.05, 3.63) is 24.2 Å². The maximum Gasteiger partial charge on any atom is 0.291 e. The Hall–Kier alpha value is -2.49. The molecule has 4 aliphatic rings. The average molecular weight is 372 g/mol. The molecule has 2 fully saturated rings. The van der Waals surface area contributed by atoms with E-state index in [0.29, 0.717) is 11.8 Å². The van der Waals surface area contributed by atoms with Crippen LogP contribution in [0.15, 0.2) is 17.5 Å². The molecule has 142 valence electrons. The molecule has 0 amide bonds. The van der Waals surface area contributed by atoms with E-state index in [1.54, 1.807) is 22.6 Å². The zero-order valence-electron chi connectivity index (χ0n) is 15.0. The number of hydrogen-bond acceptors (Lipinski definition) is 7. The van der Waals surface area contributed by atoms with E-state index < -0.39 is 6.08 Å². The Balaban J connectivity index is 1.41. The van der Waals surface area contributed by atoms with Crippen molar-refractivity contribution in [1.29, 1.82) is 0 Å². The van der Waals surface area contributed by atoms with E-state index in [4.69, 9.17) is 4.74 Å². The van der Waals surface area contributed by atoms with Crippen molar-refractivity contribution >= 4 is 11.8 Å². The number of methoxy groups -OCH3 is 1. The smallest absolute Gasteiger partial charge is 0.291 e. The summed E-state index contributed by atoms with van der Waals surface area (Å²) in [6.07, 6.45) is 9.17. The first-order valence-corrected chi connectivity index (χ1v) is 9.55. The summed E-state index contributed by atoms with van der Waals surface area (Å²) in [5.41, 5.74) is 3.76. The van der Waals surface area contributed by atoms with Gasteiger partial charge in [-0.2, -0.15) is 9.07 Å². The molecule has 0 saturated heterocycles. The van der Waals surface area contributed by atoms with Gasteiger partial charge in [0.2, 0.25) is 0 Å². The van der Waals surface area contributed by atoms with E-state index >= 15 is 0 Å². The van der Waals surface area contributed by atoms with Gasteiger partial charge in [-0.05, 0) is 25.7 Å². The largest absolute Gasteiger partial charge is 0.372 e. The number of rotatable bonds is 2. The van der Waals surface area contributed by atoms with E-state index in [2.05, 4.69) is 25.8 Å². The minimum atomic E-state index is -0.429. The summed E-state index contributed by atoms with van der Waals surface area (Å²) in [7, 11) is 1.70. The molecule has 0 spiro atoms. The zero-order valence-corrected chi connectivity index (χ0v) is 15.0. The highest BCUT2D eigenvalue weighted by molar-refractivity contribution is 5.98. The van der Waals surface area contributed by atoms with Crippen molar-refractivity contribution in [3.8, 4) is 0 Å². The molecular formula is C17H21FN8O. The molecular weight excluding hydrogens is 351 g/mol. The number of nitrogens with zero attached hydrogens (tertiary/aromatic N) is 7. The Morgan fingerprint density at radius 3 is 2.96 bits per heavy atom. The molecule has 0 bridgehead atoms. The predicted octanol–water partition coefficient (Wildman–Crippen LogP) is 1.55. The molecule has 4 heterocycles. The standard InChI is InChI=1S/C17H21FN8O/c1-27-17(6-7-17)12-9-24(23-20-12)16-22-21-14-10-4-2-3-5-11(10)25-13(26(14)16)8-19-15(25)18/h8-11,14,21H,2-7H2,1H3. The van der Waals surface area contributed by atoms with Crippen molar-refractivity contribution in [2.75, 3.05) is 12.0 Å². The van der Waals surface area contributed by atoms with Crippen LogP contribution in [0.25, 0.3) is 0 Å². The Bertz CT molecular complexity index is 931. The van der Waals surface area contributed by atoms with Crippen LogP contribution in [0.1, 0.15) is 50.3 Å². The van der Waals surface area contributed by atoms with Crippen molar-refractivity contribution in [3.63, 3.8) is 0 Å². The van der Waals surface area contributed by atoms with Gasteiger partial charge >= 0.3 is 0 Å². The molecule has 1 N–H and O–H groups in total. The summed E-state index contributed by atoms with van der Waals surface area (Å²) in [5, 5.41) is 13.1. The second-order valence-corrected chi connectivity index (χ2v) is 7.87. The van der Waals surface area contributed by atoms with Crippen LogP contribution < -0.4 is 10.3 Å². The lowest BCUT2D eigenvalue weighted by molar-refractivity contribution is 0.0751. The molecule has 2 saturated carbocycles. The Labute approximate surface area is 155 Å². The fourth-order valence-corrected chi connectivity index (χ4v) is 4.95. The molecule has 3 atom stereocenters. The van der Waals surface area contributed by atoms with Gasteiger partial charge in [0.05, 0.1) is 12.4 Å². The summed E-state index contributed by atoms with van der Waals surface area (Å²) in [6, 6.07) is 0.120. The van der Waals surface area contributed by atoms with Crippen molar-refractivity contribution in [2.45, 2.75) is 56.3 Å². The molecule has 0 aromatic carbocycles. The van der Waals surface area contributed by atoms with E-state index in [0.717, 1.165) is 44.2 Å². The van der Waals surface area contributed by atoms with E-state index in [9.17, 15) is 4.39 Å². The zero-order chi connectivity index (χ0) is 18.2. The van der Waals surface area contributed by atoms with Gasteiger partial charge in [-0.15, -0.1) is 10.2 Å². The highest BCUT2D eigenvalue weighted by Gasteiger charge is 2.50. The fraction of sp³-hybridized carbons (Fsp3) is 0.647. The second kappa shape index (κ2) is 5.28. The lowest BCUT2D eigenvalue weighted by atomic mass is 9.80. The van der Waals surface area contributed by atoms with Crippen LogP contribution in [0.4, 0.5) is 10.2 Å². The summed E-state index contributed by atoms with van der Waals surface area (Å²) in [5.74, 6) is 1.58. The summed E-state index contributed by atoms with van der Waals surface area (Å²) in [4.78, 5) is 5.96. The van der Waals surface area contributed by atoms with E-state index in [-0.39, 0.29) is 23.7 Å². The van der Waals surface area contributed by atoms with Crippen LogP contribution >= 0.6 is 0 Å². The molecule has 2 aromatic rings. The second-order valence-electron chi connectivity index (χ2n) is 7.87. The van der Waals surface area contributed by atoms with Crippen LogP contribution in [0, 0.1) is 12.0 Å². The quantitative estimate of drug-likeness (QED) is 0.861. The third kappa shape index (κ3) is 2.01. The number of fused-ring (bicyclic) bond motifs is 6. The number of anilines is 1. The maximum absolute atomic E-state index is 14.5. The molecule has 2 aliphatic carbocycles. The third-order valence-corrected chi connectivity index (χ3v) is 6.55. The van der Waals surface area contributed by atoms with Crippen LogP contribution in [-0.2, 0) is 10.3 Å². The Kier molecular flexibility index (Phi) is 3.04. The summed E-state index contributed by atoms with van der Waals surface area (Å²) >= 11 is 0. The molecule has 27 heavy (non-hydrogen) atoms. The first-order valence-electron chi connectivity index (χ1n) is 9.55. The normalized spacial score (nSPS) is 30.2. The van der Waals surface area contributed by atoms with Gasteiger partial charge in [-0.1, -0.05) is 18.1 Å². The summed E-state index contributed by atoms with van der Waals surface area (Å²) in [6.45, 7) is 0. The number of halogens is 1. The Morgan fingerprint density at radius 1 is 1.30 bits per heavy atom. The number of aromatic nitrogens is 5. The van der Waals surface area contributed by atoms with Gasteiger partial charge < -0.3 is 4.74 Å². The van der Waals surface area contributed by atoms with E-state index in [1.165, 1.54) is 0 Å². The SMILES string of the molecule is COC1(c2cn(C3=NNC4C5CCCCC5n5c(cnc5F)N34)nn2)CC1. The molecule has 0 radical (unpaired) electrons. The number of ether oxygens (including phenoxy) is 1. The van der Waals surface area contributed by atoms with Crippen LogP contribution in [0.2, 0.25) is 0 Å². The topological polar surface area (TPSA) is 85.4 Å². The molecule has 6 rings (SSSR count). The Morgan fingerprint density at radius 2 is 2.15 bits per heavy atom. The number of imidazole rings is 1. The number of hydrazone groups is 1. The van der Waals surface area contributed by atoms with Gasteiger partial charge in [0, 0.05) is 19.1 Å².